The number of benzene rings is 1. The Bertz CT molecular complexity index is 469. The summed E-state index contributed by atoms with van der Waals surface area (Å²) in [7, 11) is 0. The van der Waals surface area contributed by atoms with Gasteiger partial charge in [-0.2, -0.15) is 5.26 Å². The monoisotopic (exact) mass is 262 g/mol. The van der Waals surface area contributed by atoms with Crippen molar-refractivity contribution in [1.29, 1.82) is 5.26 Å². The van der Waals surface area contributed by atoms with Crippen LogP contribution in [0.4, 0.5) is 5.69 Å². The van der Waals surface area contributed by atoms with Crippen molar-refractivity contribution in [2.45, 2.75) is 30.3 Å². The Morgan fingerprint density at radius 2 is 2.06 bits per heavy atom. The van der Waals surface area contributed by atoms with Gasteiger partial charge in [-0.25, -0.2) is 0 Å². The summed E-state index contributed by atoms with van der Waals surface area (Å²) in [5, 5.41) is 19.3. The van der Waals surface area contributed by atoms with Gasteiger partial charge in [0.05, 0.1) is 16.9 Å². The maximum atomic E-state index is 9.97. The van der Waals surface area contributed by atoms with Crippen molar-refractivity contribution in [2.75, 3.05) is 24.2 Å². The summed E-state index contributed by atoms with van der Waals surface area (Å²) in [5.41, 5.74) is 1.20. The lowest BCUT2D eigenvalue weighted by Crippen LogP contribution is -2.42. The Morgan fingerprint density at radius 3 is 2.61 bits per heavy atom. The summed E-state index contributed by atoms with van der Waals surface area (Å²) < 4.78 is 0. The van der Waals surface area contributed by atoms with Gasteiger partial charge in [-0.15, -0.1) is 11.8 Å². The maximum Gasteiger partial charge on any atom is 0.103 e. The lowest BCUT2D eigenvalue weighted by Gasteiger charge is -2.37. The lowest BCUT2D eigenvalue weighted by molar-refractivity contribution is 0.0351. The molecule has 1 saturated heterocycles. The Kier molecular flexibility index (Phi) is 3.84. The van der Waals surface area contributed by atoms with Gasteiger partial charge in [-0.3, -0.25) is 0 Å². The minimum atomic E-state index is -0.555. The molecular weight excluding hydrogens is 244 g/mol. The van der Waals surface area contributed by atoms with E-state index in [1.54, 1.807) is 11.8 Å². The summed E-state index contributed by atoms with van der Waals surface area (Å²) in [5.74, 6) is 0. The van der Waals surface area contributed by atoms with Crippen LogP contribution in [0.25, 0.3) is 0 Å². The van der Waals surface area contributed by atoms with Crippen LogP contribution in [0, 0.1) is 11.3 Å². The molecule has 0 bridgehead atoms. The van der Waals surface area contributed by atoms with Crippen molar-refractivity contribution in [2.24, 2.45) is 0 Å². The van der Waals surface area contributed by atoms with E-state index in [4.69, 9.17) is 0 Å². The predicted octanol–water partition coefficient (Wildman–Crippen LogP) is 2.63. The van der Waals surface area contributed by atoms with Crippen LogP contribution >= 0.6 is 11.8 Å². The first kappa shape index (κ1) is 13.3. The topological polar surface area (TPSA) is 47.3 Å². The molecule has 0 saturated carbocycles. The number of nitriles is 1. The fourth-order valence-electron chi connectivity index (χ4n) is 2.29. The first-order valence-corrected chi connectivity index (χ1v) is 7.34. The number of hydrogen-bond acceptors (Lipinski definition) is 4. The second-order valence-electron chi connectivity index (χ2n) is 4.95. The van der Waals surface area contributed by atoms with Crippen LogP contribution in [0.5, 0.6) is 0 Å². The highest BCUT2D eigenvalue weighted by Crippen LogP contribution is 2.32. The second kappa shape index (κ2) is 5.21. The van der Waals surface area contributed by atoms with E-state index >= 15 is 0 Å². The number of rotatable bonds is 2. The van der Waals surface area contributed by atoms with Crippen molar-refractivity contribution in [1.82, 2.24) is 0 Å². The third kappa shape index (κ3) is 2.63. The average Bonchev–Trinajstić information content (AvgIpc) is 2.37. The Balaban J connectivity index is 2.27. The molecule has 2 rings (SSSR count). The molecule has 0 atom stereocenters. The van der Waals surface area contributed by atoms with E-state index in [0.717, 1.165) is 42.1 Å². The molecule has 1 fully saturated rings. The number of nitrogens with zero attached hydrogens (tertiary/aromatic N) is 2. The Labute approximate surface area is 112 Å². The van der Waals surface area contributed by atoms with Gasteiger partial charge in [-0.05, 0) is 38.2 Å². The molecule has 0 amide bonds. The number of thioether (sulfide) groups is 1. The SMILES string of the molecule is CSc1cccc(N2CCC(C)(O)CC2)c1C#N. The van der Waals surface area contributed by atoms with Gasteiger partial charge in [0.15, 0.2) is 0 Å². The third-order valence-electron chi connectivity index (χ3n) is 3.52. The molecule has 3 nitrogen and oxygen atoms in total. The van der Waals surface area contributed by atoms with Gasteiger partial charge in [0.25, 0.3) is 0 Å². The molecule has 0 unspecified atom stereocenters. The van der Waals surface area contributed by atoms with Crippen molar-refractivity contribution in [3.05, 3.63) is 23.8 Å². The molecule has 0 spiro atoms. The van der Waals surface area contributed by atoms with Crippen molar-refractivity contribution >= 4 is 17.4 Å². The molecule has 0 aliphatic carbocycles. The van der Waals surface area contributed by atoms with Crippen LogP contribution in [-0.4, -0.2) is 30.1 Å². The largest absolute Gasteiger partial charge is 0.390 e. The summed E-state index contributed by atoms with van der Waals surface area (Å²) in [6.45, 7) is 3.49. The number of anilines is 1. The van der Waals surface area contributed by atoms with Gasteiger partial charge in [0.2, 0.25) is 0 Å². The fraction of sp³-hybridized carbons (Fsp3) is 0.500. The van der Waals surface area contributed by atoms with Crippen LogP contribution in [-0.2, 0) is 0 Å². The highest BCUT2D eigenvalue weighted by atomic mass is 32.2. The third-order valence-corrected chi connectivity index (χ3v) is 4.30. The zero-order chi connectivity index (χ0) is 13.2. The van der Waals surface area contributed by atoms with Gasteiger partial charge < -0.3 is 10.0 Å². The van der Waals surface area contributed by atoms with Crippen molar-refractivity contribution < 1.29 is 5.11 Å². The molecule has 96 valence electrons. The Hall–Kier alpha value is -1.18. The van der Waals surface area contributed by atoms with E-state index in [2.05, 4.69) is 11.0 Å². The van der Waals surface area contributed by atoms with E-state index in [0.29, 0.717) is 0 Å². The Morgan fingerprint density at radius 1 is 1.39 bits per heavy atom. The molecular formula is C14H18N2OS. The average molecular weight is 262 g/mol. The quantitative estimate of drug-likeness (QED) is 0.832. The second-order valence-corrected chi connectivity index (χ2v) is 5.80. The normalized spacial score (nSPS) is 18.4. The van der Waals surface area contributed by atoms with Gasteiger partial charge in [0, 0.05) is 18.0 Å². The van der Waals surface area contributed by atoms with Gasteiger partial charge in [0.1, 0.15) is 6.07 Å². The molecule has 0 aromatic heterocycles. The molecule has 1 aromatic carbocycles. The minimum absolute atomic E-state index is 0.555. The van der Waals surface area contributed by atoms with E-state index < -0.39 is 5.60 Å². The van der Waals surface area contributed by atoms with Crippen LogP contribution in [0.15, 0.2) is 23.1 Å². The molecule has 1 heterocycles. The fourth-order valence-corrected chi connectivity index (χ4v) is 2.86. The van der Waals surface area contributed by atoms with E-state index in [9.17, 15) is 10.4 Å². The molecule has 18 heavy (non-hydrogen) atoms. The van der Waals surface area contributed by atoms with Crippen LogP contribution in [0.3, 0.4) is 0 Å². The van der Waals surface area contributed by atoms with Gasteiger partial charge in [-0.1, -0.05) is 6.07 Å². The molecule has 4 heteroatoms. The molecule has 1 N–H and O–H groups in total. The van der Waals surface area contributed by atoms with Crippen molar-refractivity contribution in [3.63, 3.8) is 0 Å². The minimum Gasteiger partial charge on any atom is -0.390 e. The van der Waals surface area contributed by atoms with E-state index in [1.807, 2.05) is 31.4 Å². The standard InChI is InChI=1S/C14H18N2OS/c1-14(17)6-8-16(9-7-14)12-4-3-5-13(18-2)11(12)10-15/h3-5,17H,6-9H2,1-2H3. The summed E-state index contributed by atoms with van der Waals surface area (Å²) in [6.07, 6.45) is 3.49. The molecule has 1 aliphatic heterocycles. The summed E-state index contributed by atoms with van der Waals surface area (Å²) in [4.78, 5) is 3.23. The van der Waals surface area contributed by atoms with Crippen LogP contribution < -0.4 is 4.90 Å². The predicted molar refractivity (Wildman–Crippen MR) is 75.0 cm³/mol. The van der Waals surface area contributed by atoms with Crippen LogP contribution in [0.2, 0.25) is 0 Å². The number of hydrogen-bond donors (Lipinski definition) is 1. The van der Waals surface area contributed by atoms with E-state index in [-0.39, 0.29) is 0 Å². The first-order chi connectivity index (χ1) is 8.57. The van der Waals surface area contributed by atoms with Gasteiger partial charge >= 0.3 is 0 Å². The summed E-state index contributed by atoms with van der Waals surface area (Å²) in [6, 6.07) is 8.28. The van der Waals surface area contributed by atoms with E-state index in [1.165, 1.54) is 0 Å². The highest BCUT2D eigenvalue weighted by Gasteiger charge is 2.28. The van der Waals surface area contributed by atoms with Crippen LogP contribution in [0.1, 0.15) is 25.3 Å². The number of piperidine rings is 1. The zero-order valence-corrected chi connectivity index (χ0v) is 11.6. The zero-order valence-electron chi connectivity index (χ0n) is 10.8. The highest BCUT2D eigenvalue weighted by molar-refractivity contribution is 7.98. The van der Waals surface area contributed by atoms with Crippen molar-refractivity contribution in [3.8, 4) is 6.07 Å². The maximum absolute atomic E-state index is 9.97. The smallest absolute Gasteiger partial charge is 0.103 e. The molecule has 1 aliphatic rings. The summed E-state index contributed by atoms with van der Waals surface area (Å²) >= 11 is 1.60. The lowest BCUT2D eigenvalue weighted by atomic mass is 9.93. The molecule has 1 aromatic rings. The first-order valence-electron chi connectivity index (χ1n) is 6.12. The number of aliphatic hydroxyl groups is 1. The molecule has 0 radical (unpaired) electrons.